The zero-order chi connectivity index (χ0) is 20.4. The molecule has 0 bridgehead atoms. The van der Waals surface area contributed by atoms with Crippen LogP contribution in [-0.2, 0) is 9.59 Å². The first kappa shape index (κ1) is 21.1. The molecule has 0 spiro atoms. The first-order valence-electron chi connectivity index (χ1n) is 8.25. The summed E-state index contributed by atoms with van der Waals surface area (Å²) < 4.78 is 5.39. The summed E-state index contributed by atoms with van der Waals surface area (Å²) in [5, 5.41) is 50.8. The molecule has 1 amide bonds. The van der Waals surface area contributed by atoms with Gasteiger partial charge in [0.1, 0.15) is 11.6 Å². The first-order chi connectivity index (χ1) is 12.6. The second-order valence-corrected chi connectivity index (χ2v) is 6.51. The number of nitrogens with zero attached hydrogens (tertiary/aromatic N) is 2. The molecule has 0 radical (unpaired) electrons. The summed E-state index contributed by atoms with van der Waals surface area (Å²) >= 11 is 0. The zero-order valence-electron chi connectivity index (χ0n) is 14.6. The van der Waals surface area contributed by atoms with Gasteiger partial charge in [-0.15, -0.1) is 10.2 Å². The number of nitrogens with one attached hydrogen (secondary N) is 2. The van der Waals surface area contributed by atoms with Crippen LogP contribution in [0.4, 0.5) is 0 Å². The number of hydrogen-bond acceptors (Lipinski definition) is 11. The van der Waals surface area contributed by atoms with Crippen LogP contribution in [0.15, 0.2) is 4.42 Å². The highest BCUT2D eigenvalue weighted by atomic mass is 16.4. The number of carboxylic acid groups (broad SMARTS) is 1. The van der Waals surface area contributed by atoms with Gasteiger partial charge in [0.2, 0.25) is 17.7 Å². The number of carbonyl (C=O) groups excluding carboxylic acids is 1. The molecule has 1 fully saturated rings. The third kappa shape index (κ3) is 4.97. The van der Waals surface area contributed by atoms with E-state index in [2.05, 4.69) is 20.8 Å². The molecule has 0 aliphatic heterocycles. The number of carbonyl (C=O) groups is 2. The van der Waals surface area contributed by atoms with Gasteiger partial charge in [-0.05, 0) is 13.3 Å². The average molecular weight is 388 g/mol. The summed E-state index contributed by atoms with van der Waals surface area (Å²) in [6.07, 6.45) is -3.76. The zero-order valence-corrected chi connectivity index (χ0v) is 14.6. The van der Waals surface area contributed by atoms with Crippen LogP contribution in [0.25, 0.3) is 0 Å². The molecule has 0 aromatic carbocycles. The second kappa shape index (κ2) is 8.24. The summed E-state index contributed by atoms with van der Waals surface area (Å²) in [6.45, 7) is 1.44. The fraction of sp³-hybridized carbons (Fsp3) is 0.714. The Morgan fingerprint density at radius 2 is 1.96 bits per heavy atom. The lowest BCUT2D eigenvalue weighted by molar-refractivity contribution is -0.143. The van der Waals surface area contributed by atoms with E-state index in [0.717, 1.165) is 0 Å². The molecule has 6 atom stereocenters. The van der Waals surface area contributed by atoms with Gasteiger partial charge in [-0.1, -0.05) is 0 Å². The van der Waals surface area contributed by atoms with E-state index in [1.807, 2.05) is 0 Å². The van der Waals surface area contributed by atoms with Crippen molar-refractivity contribution in [3.63, 3.8) is 0 Å². The number of aliphatic carboxylic acids is 1. The Labute approximate surface area is 153 Å². The fourth-order valence-electron chi connectivity index (χ4n) is 2.46. The number of amides is 1. The predicted octanol–water partition coefficient (Wildman–Crippen LogP) is -3.20. The van der Waals surface area contributed by atoms with Crippen LogP contribution >= 0.6 is 0 Å². The van der Waals surface area contributed by atoms with Crippen molar-refractivity contribution in [2.45, 2.75) is 62.4 Å². The number of rotatable bonds is 11. The van der Waals surface area contributed by atoms with Crippen molar-refractivity contribution in [3.05, 3.63) is 11.8 Å². The van der Waals surface area contributed by atoms with E-state index >= 15 is 0 Å². The van der Waals surface area contributed by atoms with Crippen molar-refractivity contribution < 1.29 is 34.4 Å². The predicted molar refractivity (Wildman–Crippen MR) is 87.3 cm³/mol. The maximum absolute atomic E-state index is 11.2. The number of primary amides is 1. The minimum absolute atomic E-state index is 0.0380. The highest BCUT2D eigenvalue weighted by molar-refractivity contribution is 5.84. The molecule has 1 aromatic rings. The van der Waals surface area contributed by atoms with E-state index in [1.165, 1.54) is 6.92 Å². The molecule has 1 aliphatic rings. The number of aliphatic hydroxyl groups is 3. The lowest BCUT2D eigenvalue weighted by atomic mass is 10.1. The fourth-order valence-corrected chi connectivity index (χ4v) is 2.46. The molecule has 13 heteroatoms. The second-order valence-electron chi connectivity index (χ2n) is 6.51. The summed E-state index contributed by atoms with van der Waals surface area (Å²) in [5.41, 5.74) is 9.20. The Hall–Kier alpha value is -2.16. The summed E-state index contributed by atoms with van der Waals surface area (Å²) in [5.74, 6) is -2.01. The molecule has 2 rings (SSSR count). The van der Waals surface area contributed by atoms with Gasteiger partial charge < -0.3 is 36.3 Å². The SMILES string of the molecule is CC(O)[C@H](N)c1nnc([C@H](CCC(N)=O)NC(O)NC2(C(=O)O)CC2O)o1. The van der Waals surface area contributed by atoms with Crippen molar-refractivity contribution in [2.75, 3.05) is 0 Å². The Morgan fingerprint density at radius 1 is 1.37 bits per heavy atom. The molecule has 1 heterocycles. The topological polar surface area (TPSA) is 230 Å². The molecule has 0 saturated heterocycles. The Morgan fingerprint density at radius 3 is 2.44 bits per heavy atom. The third-order valence-corrected chi connectivity index (χ3v) is 4.30. The highest BCUT2D eigenvalue weighted by Gasteiger charge is 2.61. The number of nitrogens with two attached hydrogens (primary N) is 2. The Kier molecular flexibility index (Phi) is 6.46. The quantitative estimate of drug-likeness (QED) is 0.175. The molecule has 13 nitrogen and oxygen atoms in total. The largest absolute Gasteiger partial charge is 0.480 e. The van der Waals surface area contributed by atoms with Crippen molar-refractivity contribution in [3.8, 4) is 0 Å². The summed E-state index contributed by atoms with van der Waals surface area (Å²) in [7, 11) is 0. The Bertz CT molecular complexity index is 683. The summed E-state index contributed by atoms with van der Waals surface area (Å²) in [4.78, 5) is 22.3. The van der Waals surface area contributed by atoms with E-state index in [9.17, 15) is 24.9 Å². The molecular formula is C14H24N6O7. The van der Waals surface area contributed by atoms with Crippen LogP contribution in [0.2, 0.25) is 0 Å². The van der Waals surface area contributed by atoms with E-state index < -0.39 is 48.1 Å². The van der Waals surface area contributed by atoms with Crippen LogP contribution in [0, 0.1) is 0 Å². The standard InChI is InChI=1S/C14H24N6O7/c1-5(21)9(16)11-20-19-10(27-11)6(2-3-8(15)23)17-13(26)18-14(12(24)25)4-7(14)22/h5-7,9,13,17-18,21-22,26H,2-4,16H2,1H3,(H2,15,23)(H,24,25)/t5?,6-,7?,9-,13?,14?/m0/s1. The smallest absolute Gasteiger partial charge is 0.326 e. The van der Waals surface area contributed by atoms with Crippen molar-refractivity contribution in [1.82, 2.24) is 20.8 Å². The molecule has 27 heavy (non-hydrogen) atoms. The average Bonchev–Trinajstić information content (AvgIpc) is 3.01. The van der Waals surface area contributed by atoms with Gasteiger partial charge in [0.15, 0.2) is 6.35 Å². The monoisotopic (exact) mass is 388 g/mol. The lowest BCUT2D eigenvalue weighted by Crippen LogP contribution is -2.54. The number of hydrogen-bond donors (Lipinski definition) is 8. The molecular weight excluding hydrogens is 364 g/mol. The van der Waals surface area contributed by atoms with Crippen LogP contribution < -0.4 is 22.1 Å². The molecule has 1 aromatic heterocycles. The van der Waals surface area contributed by atoms with Gasteiger partial charge in [0.25, 0.3) is 0 Å². The molecule has 1 saturated carbocycles. The van der Waals surface area contributed by atoms with E-state index in [1.54, 1.807) is 0 Å². The lowest BCUT2D eigenvalue weighted by Gasteiger charge is -2.23. The van der Waals surface area contributed by atoms with Gasteiger partial charge in [0.05, 0.1) is 18.2 Å². The van der Waals surface area contributed by atoms with E-state index in [4.69, 9.17) is 21.0 Å². The molecule has 152 valence electrons. The van der Waals surface area contributed by atoms with E-state index in [-0.39, 0.29) is 31.0 Å². The molecule has 4 unspecified atom stereocenters. The van der Waals surface area contributed by atoms with Crippen molar-refractivity contribution in [1.29, 1.82) is 0 Å². The van der Waals surface area contributed by atoms with Crippen LogP contribution in [0.5, 0.6) is 0 Å². The maximum Gasteiger partial charge on any atom is 0.326 e. The van der Waals surface area contributed by atoms with E-state index in [0.29, 0.717) is 0 Å². The van der Waals surface area contributed by atoms with Gasteiger partial charge in [-0.25, -0.2) is 0 Å². The number of aliphatic hydroxyl groups excluding tert-OH is 3. The maximum atomic E-state index is 11.2. The van der Waals surface area contributed by atoms with Gasteiger partial charge in [0, 0.05) is 12.8 Å². The minimum Gasteiger partial charge on any atom is -0.480 e. The third-order valence-electron chi connectivity index (χ3n) is 4.30. The number of carboxylic acids is 1. The molecule has 1 aliphatic carbocycles. The Balaban J connectivity index is 2.10. The summed E-state index contributed by atoms with van der Waals surface area (Å²) in [6, 6.07) is -1.80. The van der Waals surface area contributed by atoms with Gasteiger partial charge in [-0.2, -0.15) is 0 Å². The molecule has 10 N–H and O–H groups in total. The van der Waals surface area contributed by atoms with Crippen LogP contribution in [0.3, 0.4) is 0 Å². The van der Waals surface area contributed by atoms with Crippen LogP contribution in [0.1, 0.15) is 50.1 Å². The van der Waals surface area contributed by atoms with Gasteiger partial charge in [-0.3, -0.25) is 20.2 Å². The van der Waals surface area contributed by atoms with Crippen molar-refractivity contribution in [2.24, 2.45) is 11.5 Å². The van der Waals surface area contributed by atoms with Crippen LogP contribution in [-0.4, -0.2) is 66.6 Å². The first-order valence-corrected chi connectivity index (χ1v) is 8.25. The van der Waals surface area contributed by atoms with Crippen molar-refractivity contribution >= 4 is 11.9 Å². The highest BCUT2D eigenvalue weighted by Crippen LogP contribution is 2.36. The van der Waals surface area contributed by atoms with Gasteiger partial charge >= 0.3 is 5.97 Å². The minimum atomic E-state index is -1.66. The normalized spacial score (nSPS) is 26.2. The number of aromatic nitrogens is 2.